The minimum absolute atomic E-state index is 0.154. The Morgan fingerprint density at radius 3 is 3.00 bits per heavy atom. The normalized spacial score (nSPS) is 18.4. The van der Waals surface area contributed by atoms with E-state index in [1.807, 2.05) is 37.2 Å². The Morgan fingerprint density at radius 1 is 1.43 bits per heavy atom. The third kappa shape index (κ3) is 3.98. The van der Waals surface area contributed by atoms with Gasteiger partial charge in [0.05, 0.1) is 19.3 Å². The van der Waals surface area contributed by atoms with Crippen LogP contribution >= 0.6 is 0 Å². The largest absolute Gasteiger partial charge is 0.340 e. The molecule has 0 aromatic carbocycles. The van der Waals surface area contributed by atoms with Crippen LogP contribution in [0.25, 0.3) is 0 Å². The number of aromatic nitrogens is 4. The van der Waals surface area contributed by atoms with Crippen LogP contribution in [-0.4, -0.2) is 61.4 Å². The first-order valence-electron chi connectivity index (χ1n) is 8.05. The second kappa shape index (κ2) is 6.95. The molecule has 0 bridgehead atoms. The predicted molar refractivity (Wildman–Crippen MR) is 86.5 cm³/mol. The predicted octanol–water partition coefficient (Wildman–Crippen LogP) is 0.740. The van der Waals surface area contributed by atoms with Gasteiger partial charge < -0.3 is 4.90 Å². The molecule has 0 aliphatic carbocycles. The SMILES string of the molecule is CN(Cc1cnn(C)c1)C(=O)CN1CCC[C@H]1Cn1cccn1. The van der Waals surface area contributed by atoms with Gasteiger partial charge in [0.2, 0.25) is 5.91 Å². The number of likely N-dealkylation sites (N-methyl/N-ethyl adjacent to an activating group) is 1. The Labute approximate surface area is 136 Å². The van der Waals surface area contributed by atoms with E-state index in [1.165, 1.54) is 0 Å². The summed E-state index contributed by atoms with van der Waals surface area (Å²) in [5, 5.41) is 8.42. The van der Waals surface area contributed by atoms with Crippen molar-refractivity contribution in [3.8, 4) is 0 Å². The van der Waals surface area contributed by atoms with Gasteiger partial charge in [-0.15, -0.1) is 0 Å². The number of amides is 1. The fraction of sp³-hybridized carbons (Fsp3) is 0.562. The summed E-state index contributed by atoms with van der Waals surface area (Å²) in [6.45, 7) is 2.91. The number of carbonyl (C=O) groups is 1. The summed E-state index contributed by atoms with van der Waals surface area (Å²) < 4.78 is 3.71. The smallest absolute Gasteiger partial charge is 0.236 e. The minimum Gasteiger partial charge on any atom is -0.340 e. The van der Waals surface area contributed by atoms with Crippen molar-refractivity contribution < 1.29 is 4.79 Å². The van der Waals surface area contributed by atoms with Crippen LogP contribution in [0.15, 0.2) is 30.9 Å². The second-order valence-corrected chi connectivity index (χ2v) is 6.27. The van der Waals surface area contributed by atoms with Gasteiger partial charge in [0, 0.05) is 50.8 Å². The van der Waals surface area contributed by atoms with Crippen molar-refractivity contribution in [3.63, 3.8) is 0 Å². The number of hydrogen-bond donors (Lipinski definition) is 0. The molecule has 3 rings (SSSR count). The van der Waals surface area contributed by atoms with Gasteiger partial charge in [-0.25, -0.2) is 0 Å². The molecule has 2 aromatic heterocycles. The van der Waals surface area contributed by atoms with E-state index in [9.17, 15) is 4.79 Å². The Hall–Kier alpha value is -2.15. The van der Waals surface area contributed by atoms with E-state index >= 15 is 0 Å². The van der Waals surface area contributed by atoms with Crippen LogP contribution in [0.1, 0.15) is 18.4 Å². The highest BCUT2D eigenvalue weighted by Gasteiger charge is 2.27. The molecule has 1 fully saturated rings. The summed E-state index contributed by atoms with van der Waals surface area (Å²) in [5.74, 6) is 0.154. The lowest BCUT2D eigenvalue weighted by molar-refractivity contribution is -0.131. The standard InChI is InChI=1S/C16H24N6O/c1-19(10-14-9-18-20(2)11-14)16(23)13-21-7-3-5-15(21)12-22-8-4-6-17-22/h4,6,8-9,11,15H,3,5,7,10,12-13H2,1-2H3/t15-/m0/s1. The van der Waals surface area contributed by atoms with Crippen LogP contribution in [0.2, 0.25) is 0 Å². The summed E-state index contributed by atoms with van der Waals surface area (Å²) in [4.78, 5) is 16.6. The average molecular weight is 316 g/mol. The second-order valence-electron chi connectivity index (χ2n) is 6.27. The van der Waals surface area contributed by atoms with Crippen LogP contribution in [0, 0.1) is 0 Å². The maximum Gasteiger partial charge on any atom is 0.236 e. The molecule has 0 N–H and O–H groups in total. The Morgan fingerprint density at radius 2 is 2.30 bits per heavy atom. The van der Waals surface area contributed by atoms with E-state index in [-0.39, 0.29) is 5.91 Å². The quantitative estimate of drug-likeness (QED) is 0.789. The first-order chi connectivity index (χ1) is 11.1. The zero-order chi connectivity index (χ0) is 16.2. The van der Waals surface area contributed by atoms with E-state index in [0.29, 0.717) is 19.1 Å². The molecule has 0 spiro atoms. The Balaban J connectivity index is 1.53. The molecule has 1 aliphatic heterocycles. The van der Waals surface area contributed by atoms with Crippen molar-refractivity contribution >= 4 is 5.91 Å². The van der Waals surface area contributed by atoms with Gasteiger partial charge in [-0.05, 0) is 25.5 Å². The number of hydrogen-bond acceptors (Lipinski definition) is 4. The number of carbonyl (C=O) groups excluding carboxylic acids is 1. The van der Waals surface area contributed by atoms with Crippen molar-refractivity contribution in [1.29, 1.82) is 0 Å². The molecule has 7 nitrogen and oxygen atoms in total. The fourth-order valence-corrected chi connectivity index (χ4v) is 3.14. The monoisotopic (exact) mass is 316 g/mol. The van der Waals surface area contributed by atoms with Crippen molar-refractivity contribution in [2.45, 2.75) is 32.0 Å². The molecule has 1 atom stereocenters. The number of rotatable bonds is 6. The lowest BCUT2D eigenvalue weighted by Gasteiger charge is -2.26. The molecular formula is C16H24N6O. The lowest BCUT2D eigenvalue weighted by Crippen LogP contribution is -2.41. The van der Waals surface area contributed by atoms with Gasteiger partial charge in [0.25, 0.3) is 0 Å². The topological polar surface area (TPSA) is 59.2 Å². The first-order valence-corrected chi connectivity index (χ1v) is 8.05. The van der Waals surface area contributed by atoms with Crippen molar-refractivity contribution in [2.75, 3.05) is 20.1 Å². The van der Waals surface area contributed by atoms with Gasteiger partial charge in [-0.2, -0.15) is 10.2 Å². The fourth-order valence-electron chi connectivity index (χ4n) is 3.14. The minimum atomic E-state index is 0.154. The van der Waals surface area contributed by atoms with E-state index in [2.05, 4.69) is 15.1 Å². The number of nitrogens with zero attached hydrogens (tertiary/aromatic N) is 6. The van der Waals surface area contributed by atoms with Gasteiger partial charge in [0.15, 0.2) is 0 Å². The molecule has 7 heteroatoms. The molecule has 0 radical (unpaired) electrons. The summed E-state index contributed by atoms with van der Waals surface area (Å²) in [6.07, 6.45) is 9.80. The summed E-state index contributed by atoms with van der Waals surface area (Å²) in [5.41, 5.74) is 1.05. The van der Waals surface area contributed by atoms with Crippen LogP contribution in [0.3, 0.4) is 0 Å². The third-order valence-corrected chi connectivity index (χ3v) is 4.40. The zero-order valence-electron chi connectivity index (χ0n) is 13.8. The zero-order valence-corrected chi connectivity index (χ0v) is 13.8. The Bertz CT molecular complexity index is 635. The van der Waals surface area contributed by atoms with E-state index in [4.69, 9.17) is 0 Å². The van der Waals surface area contributed by atoms with Crippen molar-refractivity contribution in [1.82, 2.24) is 29.4 Å². The van der Waals surface area contributed by atoms with E-state index in [1.54, 1.807) is 22.0 Å². The highest BCUT2D eigenvalue weighted by molar-refractivity contribution is 5.78. The summed E-state index contributed by atoms with van der Waals surface area (Å²) in [6, 6.07) is 2.33. The molecule has 1 amide bonds. The highest BCUT2D eigenvalue weighted by atomic mass is 16.2. The maximum absolute atomic E-state index is 12.5. The molecule has 3 heterocycles. The summed E-state index contributed by atoms with van der Waals surface area (Å²) in [7, 11) is 3.74. The number of aryl methyl sites for hydroxylation is 1. The van der Waals surface area contributed by atoms with Gasteiger partial charge in [-0.1, -0.05) is 0 Å². The molecule has 0 saturated carbocycles. The van der Waals surface area contributed by atoms with Gasteiger partial charge in [-0.3, -0.25) is 19.1 Å². The molecule has 124 valence electrons. The van der Waals surface area contributed by atoms with Crippen LogP contribution in [0.4, 0.5) is 0 Å². The first kappa shape index (κ1) is 15.7. The van der Waals surface area contributed by atoms with Crippen molar-refractivity contribution in [3.05, 3.63) is 36.4 Å². The molecule has 2 aromatic rings. The molecule has 23 heavy (non-hydrogen) atoms. The summed E-state index contributed by atoms with van der Waals surface area (Å²) >= 11 is 0. The molecular weight excluding hydrogens is 292 g/mol. The maximum atomic E-state index is 12.5. The average Bonchev–Trinajstić information content (AvgIpc) is 3.24. The third-order valence-electron chi connectivity index (χ3n) is 4.40. The van der Waals surface area contributed by atoms with Gasteiger partial charge in [0.1, 0.15) is 0 Å². The molecule has 0 unspecified atom stereocenters. The van der Waals surface area contributed by atoms with Gasteiger partial charge >= 0.3 is 0 Å². The van der Waals surface area contributed by atoms with Crippen LogP contribution in [0.5, 0.6) is 0 Å². The van der Waals surface area contributed by atoms with Crippen LogP contribution < -0.4 is 0 Å². The molecule has 1 aliphatic rings. The van der Waals surface area contributed by atoms with Crippen LogP contribution in [-0.2, 0) is 24.9 Å². The van der Waals surface area contributed by atoms with Crippen molar-refractivity contribution in [2.24, 2.45) is 7.05 Å². The Kier molecular flexibility index (Phi) is 4.76. The van der Waals surface area contributed by atoms with E-state index in [0.717, 1.165) is 31.5 Å². The number of likely N-dealkylation sites (tertiary alicyclic amines) is 1. The highest BCUT2D eigenvalue weighted by Crippen LogP contribution is 2.18. The lowest BCUT2D eigenvalue weighted by atomic mass is 10.2. The van der Waals surface area contributed by atoms with E-state index < -0.39 is 0 Å². The molecule has 1 saturated heterocycles.